The predicted molar refractivity (Wildman–Crippen MR) is 98.4 cm³/mol. The van der Waals surface area contributed by atoms with Crippen LogP contribution in [0.5, 0.6) is 0 Å². The van der Waals surface area contributed by atoms with Gasteiger partial charge in [-0.05, 0) is 0 Å². The molecule has 1 aromatic carbocycles. The molecule has 3 saturated heterocycles. The second-order valence-electron chi connectivity index (χ2n) is 7.25. The fraction of sp³-hybridized carbons (Fsp3) is 0.500. The fourth-order valence-electron chi connectivity index (χ4n) is 3.89. The molecule has 12 heteroatoms. The number of halogens is 2. The van der Waals surface area contributed by atoms with Crippen molar-refractivity contribution in [3.8, 4) is 0 Å². The highest BCUT2D eigenvalue weighted by Crippen LogP contribution is 2.35. The van der Waals surface area contributed by atoms with Crippen molar-refractivity contribution in [2.24, 2.45) is 0 Å². The van der Waals surface area contributed by atoms with Gasteiger partial charge in [0.05, 0.1) is 38.5 Å². The lowest BCUT2D eigenvalue weighted by Gasteiger charge is -2.23. The summed E-state index contributed by atoms with van der Waals surface area (Å²) in [6.07, 6.45) is -3.06. The Balaban J connectivity index is 1.48. The molecule has 0 aromatic heterocycles. The van der Waals surface area contributed by atoms with E-state index in [1.807, 2.05) is 0 Å². The van der Waals surface area contributed by atoms with Gasteiger partial charge in [-0.25, -0.2) is 23.2 Å². The largest absolute Gasteiger partial charge is 0.453 e. The van der Waals surface area contributed by atoms with Crippen molar-refractivity contribution in [2.75, 3.05) is 50.1 Å². The summed E-state index contributed by atoms with van der Waals surface area (Å²) in [6, 6.07) is 1.83. The number of amides is 3. The molecule has 2 unspecified atom stereocenters. The van der Waals surface area contributed by atoms with Gasteiger partial charge in [0.2, 0.25) is 0 Å². The molecule has 0 radical (unpaired) electrons. The molecule has 0 spiro atoms. The summed E-state index contributed by atoms with van der Waals surface area (Å²) in [7, 11) is 2.78. The number of rotatable bonds is 4. The number of alkyl carbamates (subject to hydrolysis) is 1. The minimum absolute atomic E-state index is 0.000748. The first-order valence-electron chi connectivity index (χ1n) is 9.26. The number of fused-ring (bicyclic) bond motifs is 1. The van der Waals surface area contributed by atoms with Gasteiger partial charge in [0, 0.05) is 25.7 Å². The third-order valence-electron chi connectivity index (χ3n) is 5.44. The van der Waals surface area contributed by atoms with Crippen molar-refractivity contribution in [2.45, 2.75) is 18.2 Å². The topological polar surface area (TPSA) is 101 Å². The van der Waals surface area contributed by atoms with Gasteiger partial charge in [0.15, 0.2) is 11.6 Å². The second-order valence-corrected chi connectivity index (χ2v) is 7.25. The number of carbonyl (C=O) groups is 3. The van der Waals surface area contributed by atoms with Gasteiger partial charge in [-0.3, -0.25) is 4.90 Å². The van der Waals surface area contributed by atoms with Crippen molar-refractivity contribution in [3.63, 3.8) is 0 Å². The number of cyclic esters (lactones) is 1. The molecule has 3 aliphatic heterocycles. The van der Waals surface area contributed by atoms with Crippen molar-refractivity contribution in [3.05, 3.63) is 23.8 Å². The molecule has 4 rings (SSSR count). The maximum absolute atomic E-state index is 14.8. The van der Waals surface area contributed by atoms with Crippen molar-refractivity contribution in [1.82, 2.24) is 10.2 Å². The number of methoxy groups -OCH3 is 1. The predicted octanol–water partition coefficient (Wildman–Crippen LogP) is 1.29. The summed E-state index contributed by atoms with van der Waals surface area (Å²) in [5, 5.41) is 2.40. The van der Waals surface area contributed by atoms with E-state index in [1.54, 1.807) is 7.05 Å². The Morgan fingerprint density at radius 2 is 1.87 bits per heavy atom. The quantitative estimate of drug-likeness (QED) is 0.724. The zero-order chi connectivity index (χ0) is 21.6. The van der Waals surface area contributed by atoms with Crippen LogP contribution < -0.4 is 15.1 Å². The van der Waals surface area contributed by atoms with Gasteiger partial charge in [-0.2, -0.15) is 0 Å². The van der Waals surface area contributed by atoms with Gasteiger partial charge < -0.3 is 29.3 Å². The summed E-state index contributed by atoms with van der Waals surface area (Å²) in [5.41, 5.74) is -0.240. The average molecular weight is 426 g/mol. The number of hydrogen-bond acceptors (Lipinski definition) is 7. The molecule has 3 atom stereocenters. The number of carbonyl (C=O) groups excluding carboxylic acids is 3. The molecule has 162 valence electrons. The lowest BCUT2D eigenvalue weighted by molar-refractivity contribution is 0.132. The van der Waals surface area contributed by atoms with Gasteiger partial charge in [0.1, 0.15) is 17.9 Å². The molecule has 30 heavy (non-hydrogen) atoms. The number of ether oxygens (including phenoxy) is 3. The Bertz CT molecular complexity index is 876. The number of nitrogens with zero attached hydrogens (tertiary/aromatic N) is 3. The average Bonchev–Trinajstić information content (AvgIpc) is 3.34. The highest BCUT2D eigenvalue weighted by molar-refractivity contribution is 5.90. The van der Waals surface area contributed by atoms with Crippen molar-refractivity contribution < 1.29 is 37.4 Å². The third-order valence-corrected chi connectivity index (χ3v) is 5.44. The molecular weight excluding hydrogens is 406 g/mol. The Labute approximate surface area is 170 Å². The third kappa shape index (κ3) is 3.42. The summed E-state index contributed by atoms with van der Waals surface area (Å²) >= 11 is 0. The fourth-order valence-corrected chi connectivity index (χ4v) is 3.89. The molecule has 0 bridgehead atoms. The van der Waals surface area contributed by atoms with Crippen molar-refractivity contribution >= 4 is 29.7 Å². The van der Waals surface area contributed by atoms with Gasteiger partial charge in [-0.1, -0.05) is 0 Å². The summed E-state index contributed by atoms with van der Waals surface area (Å²) < 4.78 is 44.4. The lowest BCUT2D eigenvalue weighted by Crippen LogP contribution is -2.35. The number of anilines is 2. The molecule has 10 nitrogen and oxygen atoms in total. The van der Waals surface area contributed by atoms with Crippen LogP contribution in [0.4, 0.5) is 34.5 Å². The van der Waals surface area contributed by atoms with E-state index in [0.29, 0.717) is 0 Å². The van der Waals surface area contributed by atoms with Crippen LogP contribution in [-0.4, -0.2) is 81.8 Å². The molecule has 1 N–H and O–H groups in total. The van der Waals surface area contributed by atoms with E-state index in [0.717, 1.165) is 17.0 Å². The smallest absolute Gasteiger partial charge is 0.414 e. The highest BCUT2D eigenvalue weighted by atomic mass is 19.1. The Morgan fingerprint density at radius 3 is 2.50 bits per heavy atom. The maximum atomic E-state index is 14.8. The van der Waals surface area contributed by atoms with E-state index >= 15 is 0 Å². The summed E-state index contributed by atoms with van der Waals surface area (Å²) in [5.74, 6) is -1.69. The van der Waals surface area contributed by atoms with E-state index in [2.05, 4.69) is 10.1 Å². The Morgan fingerprint density at radius 1 is 1.17 bits per heavy atom. The Kier molecular flexibility index (Phi) is 5.00. The van der Waals surface area contributed by atoms with Crippen LogP contribution in [0, 0.1) is 11.6 Å². The van der Waals surface area contributed by atoms with Crippen molar-refractivity contribution in [1.29, 1.82) is 0 Å². The lowest BCUT2D eigenvalue weighted by atomic mass is 10.2. The van der Waals surface area contributed by atoms with Crippen LogP contribution in [0.15, 0.2) is 12.1 Å². The minimum Gasteiger partial charge on any atom is -0.453 e. The Hall–Kier alpha value is -3.31. The standard InChI is InChI=1S/C18H20F2N4O6/c1-22-13-7-23(8-14(13)30-17(22)26)15-11(19)3-9(4-12(15)20)24-6-10(29-18(24)27)5-21-16(25)28-2/h3-4,10,13-14H,5-8H2,1-2H3,(H,21,25)/t10-,13?,14?/m0/s1. The van der Waals surface area contributed by atoms with Gasteiger partial charge >= 0.3 is 18.3 Å². The molecule has 3 fully saturated rings. The minimum atomic E-state index is -0.845. The van der Waals surface area contributed by atoms with E-state index in [1.165, 1.54) is 16.9 Å². The molecule has 1 aromatic rings. The monoisotopic (exact) mass is 426 g/mol. The number of benzene rings is 1. The van der Waals surface area contributed by atoms with Gasteiger partial charge in [-0.15, -0.1) is 0 Å². The molecule has 3 heterocycles. The van der Waals surface area contributed by atoms with Gasteiger partial charge in [0.25, 0.3) is 0 Å². The van der Waals surface area contributed by atoms with Crippen LogP contribution in [0.1, 0.15) is 0 Å². The zero-order valence-electron chi connectivity index (χ0n) is 16.3. The van der Waals surface area contributed by atoms with E-state index in [-0.39, 0.29) is 43.6 Å². The van der Waals surface area contributed by atoms with Crippen LogP contribution in [0.3, 0.4) is 0 Å². The van der Waals surface area contributed by atoms with E-state index in [9.17, 15) is 23.2 Å². The molecule has 3 amide bonds. The second kappa shape index (κ2) is 7.50. The van der Waals surface area contributed by atoms with E-state index < -0.39 is 42.1 Å². The number of hydrogen-bond donors (Lipinski definition) is 1. The van der Waals surface area contributed by atoms with Crippen LogP contribution >= 0.6 is 0 Å². The van der Waals surface area contributed by atoms with Crippen LogP contribution in [-0.2, 0) is 14.2 Å². The zero-order valence-corrected chi connectivity index (χ0v) is 16.3. The molecule has 3 aliphatic rings. The first-order valence-corrected chi connectivity index (χ1v) is 9.26. The molecular formula is C18H20F2N4O6. The molecule has 0 saturated carbocycles. The molecule has 0 aliphatic carbocycles. The first kappa shape index (κ1) is 20.0. The van der Waals surface area contributed by atoms with E-state index in [4.69, 9.17) is 9.47 Å². The maximum Gasteiger partial charge on any atom is 0.414 e. The van der Waals surface area contributed by atoms with Crippen LogP contribution in [0.2, 0.25) is 0 Å². The first-order chi connectivity index (χ1) is 14.3. The summed E-state index contributed by atoms with van der Waals surface area (Å²) in [4.78, 5) is 38.8. The number of nitrogens with one attached hydrogen (secondary N) is 1. The number of likely N-dealkylation sites (N-methyl/N-ethyl adjacent to an activating group) is 1. The van der Waals surface area contributed by atoms with Crippen LogP contribution in [0.25, 0.3) is 0 Å². The normalized spacial score (nSPS) is 25.3. The highest BCUT2D eigenvalue weighted by Gasteiger charge is 2.47. The summed E-state index contributed by atoms with van der Waals surface area (Å²) in [6.45, 7) is 0.407. The SMILES string of the molecule is COC(=O)NC[C@H]1CN(c2cc(F)c(N3CC4OC(=O)N(C)C4C3)c(F)c2)C(=O)O1.